The minimum absolute atomic E-state index is 0.110. The highest BCUT2D eigenvalue weighted by Gasteiger charge is 2.33. The highest BCUT2D eigenvalue weighted by molar-refractivity contribution is 6.44. The maximum atomic E-state index is 12.8. The van der Waals surface area contributed by atoms with Gasteiger partial charge in [0.15, 0.2) is 0 Å². The first-order chi connectivity index (χ1) is 12.1. The smallest absolute Gasteiger partial charge is 0.379 e. The molecule has 0 fully saturated rings. The summed E-state index contributed by atoms with van der Waals surface area (Å²) in [5.41, 5.74) is 2.55. The number of fused-ring (bicyclic) bond motifs is 1. The molecule has 126 valence electrons. The van der Waals surface area contributed by atoms with Gasteiger partial charge in [-0.25, -0.2) is 4.79 Å². The minimum Gasteiger partial charge on any atom is -0.460 e. The predicted octanol–water partition coefficient (Wildman–Crippen LogP) is 2.75. The van der Waals surface area contributed by atoms with Crippen LogP contribution in [0.1, 0.15) is 18.1 Å². The van der Waals surface area contributed by atoms with Gasteiger partial charge in [0, 0.05) is 11.6 Å². The Morgan fingerprint density at radius 3 is 2.44 bits per heavy atom. The summed E-state index contributed by atoms with van der Waals surface area (Å²) in [6.07, 6.45) is 1.07. The largest absolute Gasteiger partial charge is 0.460 e. The summed E-state index contributed by atoms with van der Waals surface area (Å²) in [5.74, 6) is -2.09. The second kappa shape index (κ2) is 7.13. The van der Waals surface area contributed by atoms with Crippen LogP contribution in [0.25, 0.3) is 5.57 Å². The summed E-state index contributed by atoms with van der Waals surface area (Å²) in [7, 11) is 0. The third-order valence-electron chi connectivity index (χ3n) is 3.90. The predicted molar refractivity (Wildman–Crippen MR) is 93.7 cm³/mol. The molecule has 2 aromatic carbocycles. The van der Waals surface area contributed by atoms with E-state index < -0.39 is 11.8 Å². The van der Waals surface area contributed by atoms with Gasteiger partial charge in [-0.05, 0) is 18.6 Å². The highest BCUT2D eigenvalue weighted by atomic mass is 16.5. The quantitative estimate of drug-likeness (QED) is 0.479. The van der Waals surface area contributed by atoms with Gasteiger partial charge in [0.1, 0.15) is 0 Å². The molecular weight excluding hydrogens is 318 g/mol. The first kappa shape index (κ1) is 16.6. The van der Waals surface area contributed by atoms with Crippen LogP contribution in [0.2, 0.25) is 0 Å². The van der Waals surface area contributed by atoms with Crippen LogP contribution in [0.15, 0.2) is 60.7 Å². The number of ether oxygens (including phenoxy) is 1. The lowest BCUT2D eigenvalue weighted by Crippen LogP contribution is -2.26. The van der Waals surface area contributed by atoms with E-state index in [4.69, 9.17) is 4.74 Å². The van der Waals surface area contributed by atoms with E-state index in [1.54, 1.807) is 24.0 Å². The van der Waals surface area contributed by atoms with Gasteiger partial charge >= 0.3 is 5.97 Å². The van der Waals surface area contributed by atoms with Gasteiger partial charge in [-0.2, -0.15) is 0 Å². The third kappa shape index (κ3) is 3.35. The van der Waals surface area contributed by atoms with Crippen molar-refractivity contribution in [3.05, 3.63) is 71.8 Å². The first-order valence-electron chi connectivity index (χ1n) is 7.99. The molecule has 0 bridgehead atoms. The van der Waals surface area contributed by atoms with E-state index in [-0.39, 0.29) is 18.1 Å². The molecule has 1 aliphatic rings. The lowest BCUT2D eigenvalue weighted by Gasteiger charge is -2.17. The number of carbonyl (C=O) groups excluding carboxylic acids is 3. The summed E-state index contributed by atoms with van der Waals surface area (Å²) < 4.78 is 4.70. The van der Waals surface area contributed by atoms with Crippen molar-refractivity contribution in [1.82, 2.24) is 0 Å². The molecule has 0 saturated heterocycles. The number of esters is 1. The molecule has 1 heterocycles. The monoisotopic (exact) mass is 335 g/mol. The first-order valence-corrected chi connectivity index (χ1v) is 7.99. The van der Waals surface area contributed by atoms with E-state index in [1.807, 2.05) is 42.5 Å². The molecule has 0 unspecified atom stereocenters. The molecule has 1 aliphatic heterocycles. The molecule has 0 atom stereocenters. The maximum absolute atomic E-state index is 12.8. The van der Waals surface area contributed by atoms with Crippen LogP contribution in [-0.2, 0) is 25.7 Å². The Morgan fingerprint density at radius 1 is 1.04 bits per heavy atom. The van der Waals surface area contributed by atoms with E-state index in [2.05, 4.69) is 0 Å². The van der Waals surface area contributed by atoms with Gasteiger partial charge in [0.05, 0.1) is 24.4 Å². The molecule has 0 spiro atoms. The van der Waals surface area contributed by atoms with E-state index >= 15 is 0 Å². The van der Waals surface area contributed by atoms with Crippen molar-refractivity contribution >= 4 is 28.9 Å². The average molecular weight is 335 g/mol. The molecule has 0 aliphatic carbocycles. The second-order valence-corrected chi connectivity index (χ2v) is 5.54. The summed E-state index contributed by atoms with van der Waals surface area (Å²) in [4.78, 5) is 38.0. The Hall–Kier alpha value is -3.21. The van der Waals surface area contributed by atoms with Crippen molar-refractivity contribution in [3.63, 3.8) is 0 Å². The lowest BCUT2D eigenvalue weighted by molar-refractivity contribution is -0.151. The summed E-state index contributed by atoms with van der Waals surface area (Å²) in [6, 6.07) is 16.8. The molecule has 0 saturated carbocycles. The number of anilines is 1. The SMILES string of the molecule is CCOC(=O)C(=O)/C=C1\C(=O)N(Cc2ccccc2)c2ccccc21. The Labute approximate surface area is 145 Å². The van der Waals surface area contributed by atoms with Crippen molar-refractivity contribution < 1.29 is 19.1 Å². The van der Waals surface area contributed by atoms with Crippen LogP contribution in [0.4, 0.5) is 5.69 Å². The van der Waals surface area contributed by atoms with Crippen molar-refractivity contribution in [2.75, 3.05) is 11.5 Å². The van der Waals surface area contributed by atoms with Gasteiger partial charge in [-0.1, -0.05) is 48.5 Å². The molecular formula is C20H17NO4. The van der Waals surface area contributed by atoms with E-state index in [9.17, 15) is 14.4 Å². The summed E-state index contributed by atoms with van der Waals surface area (Å²) in [6.45, 7) is 2.12. The zero-order valence-corrected chi connectivity index (χ0v) is 13.8. The molecule has 5 heteroatoms. The molecule has 0 aromatic heterocycles. The number of amides is 1. The van der Waals surface area contributed by atoms with Gasteiger partial charge in [-0.15, -0.1) is 0 Å². The van der Waals surface area contributed by atoms with Gasteiger partial charge in [0.25, 0.3) is 11.7 Å². The Balaban J connectivity index is 1.95. The number of carbonyl (C=O) groups is 3. The molecule has 0 N–H and O–H groups in total. The summed E-state index contributed by atoms with van der Waals surface area (Å²) in [5, 5.41) is 0. The van der Waals surface area contributed by atoms with Crippen LogP contribution < -0.4 is 4.90 Å². The number of hydrogen-bond acceptors (Lipinski definition) is 4. The zero-order chi connectivity index (χ0) is 17.8. The Bertz CT molecular complexity index is 855. The fraction of sp³-hybridized carbons (Fsp3) is 0.150. The van der Waals surface area contributed by atoms with Crippen LogP contribution in [0, 0.1) is 0 Å². The molecule has 5 nitrogen and oxygen atoms in total. The number of benzene rings is 2. The van der Waals surface area contributed by atoms with Gasteiger partial charge < -0.3 is 9.64 Å². The Kier molecular flexibility index (Phi) is 4.75. The second-order valence-electron chi connectivity index (χ2n) is 5.54. The van der Waals surface area contributed by atoms with Crippen LogP contribution in [0.3, 0.4) is 0 Å². The third-order valence-corrected chi connectivity index (χ3v) is 3.90. The maximum Gasteiger partial charge on any atom is 0.379 e. The topological polar surface area (TPSA) is 63.7 Å². The van der Waals surface area contributed by atoms with Crippen molar-refractivity contribution in [3.8, 4) is 0 Å². The highest BCUT2D eigenvalue weighted by Crippen LogP contribution is 2.37. The van der Waals surface area contributed by atoms with Gasteiger partial charge in [-0.3, -0.25) is 9.59 Å². The lowest BCUT2D eigenvalue weighted by atomic mass is 10.1. The fourth-order valence-electron chi connectivity index (χ4n) is 2.76. The van der Waals surface area contributed by atoms with E-state index in [0.717, 1.165) is 17.3 Å². The minimum atomic E-state index is -0.957. The van der Waals surface area contributed by atoms with Crippen molar-refractivity contribution in [2.45, 2.75) is 13.5 Å². The average Bonchev–Trinajstić information content (AvgIpc) is 2.89. The molecule has 3 rings (SSSR count). The standard InChI is InChI=1S/C20H17NO4/c1-2-25-20(24)18(22)12-16-15-10-6-7-11-17(15)21(19(16)23)13-14-8-4-3-5-9-14/h3-12H,2,13H2,1H3/b16-12-. The number of ketones is 1. The van der Waals surface area contributed by atoms with Crippen molar-refractivity contribution in [1.29, 1.82) is 0 Å². The van der Waals surface area contributed by atoms with E-state index in [0.29, 0.717) is 12.1 Å². The van der Waals surface area contributed by atoms with Gasteiger partial charge in [0.2, 0.25) is 0 Å². The zero-order valence-electron chi connectivity index (χ0n) is 13.8. The van der Waals surface area contributed by atoms with Crippen LogP contribution in [0.5, 0.6) is 0 Å². The number of hydrogen-bond donors (Lipinski definition) is 0. The normalized spacial score (nSPS) is 14.5. The molecule has 1 amide bonds. The van der Waals surface area contributed by atoms with E-state index in [1.165, 1.54) is 0 Å². The number of para-hydroxylation sites is 1. The van der Waals surface area contributed by atoms with Crippen molar-refractivity contribution in [2.24, 2.45) is 0 Å². The van der Waals surface area contributed by atoms with Crippen LogP contribution >= 0.6 is 0 Å². The Morgan fingerprint density at radius 2 is 1.72 bits per heavy atom. The molecule has 0 radical (unpaired) electrons. The summed E-state index contributed by atoms with van der Waals surface area (Å²) >= 11 is 0. The number of rotatable bonds is 5. The fourth-order valence-corrected chi connectivity index (χ4v) is 2.76. The molecule has 2 aromatic rings. The molecule has 25 heavy (non-hydrogen) atoms. The number of nitrogens with zero attached hydrogens (tertiary/aromatic N) is 1. The van der Waals surface area contributed by atoms with Crippen LogP contribution in [-0.4, -0.2) is 24.3 Å².